The Balaban J connectivity index is 1.34. The first-order chi connectivity index (χ1) is 13.1. The summed E-state index contributed by atoms with van der Waals surface area (Å²) < 4.78 is 26.8. The van der Waals surface area contributed by atoms with Gasteiger partial charge in [-0.3, -0.25) is 0 Å². The molecule has 3 fully saturated rings. The molecule has 1 heterocycles. The van der Waals surface area contributed by atoms with Crippen LogP contribution in [0.15, 0.2) is 18.2 Å². The third-order valence-electron chi connectivity index (χ3n) is 7.40. The first-order valence-electron chi connectivity index (χ1n) is 11.1. The molecule has 2 saturated carbocycles. The maximum Gasteiger partial charge on any atom is 0.183 e. The molecule has 1 aromatic rings. The van der Waals surface area contributed by atoms with Crippen molar-refractivity contribution in [3.63, 3.8) is 0 Å². The van der Waals surface area contributed by atoms with Crippen LogP contribution in [0.5, 0.6) is 0 Å². The van der Waals surface area contributed by atoms with Gasteiger partial charge < -0.3 is 9.47 Å². The van der Waals surface area contributed by atoms with Gasteiger partial charge in [0.2, 0.25) is 0 Å². The highest BCUT2D eigenvalue weighted by atomic mass is 19.1. The lowest BCUT2D eigenvalue weighted by atomic mass is 9.76. The van der Waals surface area contributed by atoms with Gasteiger partial charge >= 0.3 is 0 Å². The number of halogens is 1. The number of rotatable bonds is 3. The van der Waals surface area contributed by atoms with Crippen LogP contribution in [0.2, 0.25) is 0 Å². The van der Waals surface area contributed by atoms with Crippen molar-refractivity contribution >= 4 is 0 Å². The van der Waals surface area contributed by atoms with E-state index in [1.165, 1.54) is 38.5 Å². The summed E-state index contributed by atoms with van der Waals surface area (Å²) >= 11 is 0. The molecule has 1 aromatic carbocycles. The number of benzene rings is 1. The zero-order chi connectivity index (χ0) is 18.8. The monoisotopic (exact) mass is 374 g/mol. The lowest BCUT2D eigenvalue weighted by molar-refractivity contribution is -0.214. The van der Waals surface area contributed by atoms with E-state index in [4.69, 9.17) is 9.47 Å². The normalized spacial score (nSPS) is 37.9. The van der Waals surface area contributed by atoms with Gasteiger partial charge in [-0.2, -0.15) is 0 Å². The van der Waals surface area contributed by atoms with Gasteiger partial charge in [0.15, 0.2) is 6.29 Å². The molecule has 0 unspecified atom stereocenters. The standard InChI is InChI=1S/C24H35FO2/c1-16-3-7-18(8-4-16)21-14-26-24(27-15-21)20-11-12-22(23(25)13-20)19-9-5-17(2)6-10-19/h11-13,16-19,21,24H,3-10,14-15H2,1-2H3. The molecule has 0 spiro atoms. The van der Waals surface area contributed by atoms with Crippen LogP contribution < -0.4 is 0 Å². The van der Waals surface area contributed by atoms with E-state index in [1.54, 1.807) is 6.07 Å². The largest absolute Gasteiger partial charge is 0.348 e. The second kappa shape index (κ2) is 8.61. The van der Waals surface area contributed by atoms with Crippen LogP contribution in [-0.4, -0.2) is 13.2 Å². The van der Waals surface area contributed by atoms with Crippen LogP contribution in [0, 0.1) is 29.5 Å². The van der Waals surface area contributed by atoms with Crippen molar-refractivity contribution in [2.75, 3.05) is 13.2 Å². The van der Waals surface area contributed by atoms with Crippen molar-refractivity contribution < 1.29 is 13.9 Å². The smallest absolute Gasteiger partial charge is 0.183 e. The van der Waals surface area contributed by atoms with Crippen molar-refractivity contribution in [2.45, 2.75) is 77.4 Å². The first-order valence-corrected chi connectivity index (χ1v) is 11.1. The highest BCUT2D eigenvalue weighted by molar-refractivity contribution is 5.28. The molecule has 0 bridgehead atoms. The quantitative estimate of drug-likeness (QED) is 0.593. The second-order valence-corrected chi connectivity index (χ2v) is 9.52. The Labute approximate surface area is 163 Å². The lowest BCUT2D eigenvalue weighted by Gasteiger charge is -2.37. The van der Waals surface area contributed by atoms with Gasteiger partial charge in [-0.25, -0.2) is 4.39 Å². The summed E-state index contributed by atoms with van der Waals surface area (Å²) in [7, 11) is 0. The van der Waals surface area contributed by atoms with E-state index in [0.29, 0.717) is 11.8 Å². The van der Waals surface area contributed by atoms with Crippen molar-refractivity contribution in [3.05, 3.63) is 35.1 Å². The summed E-state index contributed by atoms with van der Waals surface area (Å²) in [6, 6.07) is 5.65. The minimum absolute atomic E-state index is 0.0809. The Kier molecular flexibility index (Phi) is 6.18. The third kappa shape index (κ3) is 4.56. The fourth-order valence-corrected chi connectivity index (χ4v) is 5.33. The molecule has 0 radical (unpaired) electrons. The fraction of sp³-hybridized carbons (Fsp3) is 0.750. The minimum atomic E-state index is -0.404. The van der Waals surface area contributed by atoms with Crippen molar-refractivity contribution in [1.29, 1.82) is 0 Å². The van der Waals surface area contributed by atoms with Crippen molar-refractivity contribution in [3.8, 4) is 0 Å². The molecule has 4 rings (SSSR count). The molecule has 0 atom stereocenters. The van der Waals surface area contributed by atoms with Gasteiger partial charge in [0.25, 0.3) is 0 Å². The van der Waals surface area contributed by atoms with Crippen LogP contribution in [-0.2, 0) is 9.47 Å². The van der Waals surface area contributed by atoms with Gasteiger partial charge in [0.1, 0.15) is 5.82 Å². The Bertz CT molecular complexity index is 607. The Morgan fingerprint density at radius 1 is 0.778 bits per heavy atom. The van der Waals surface area contributed by atoms with Gasteiger partial charge in [0.05, 0.1) is 13.2 Å². The lowest BCUT2D eigenvalue weighted by Crippen LogP contribution is -2.34. The molecular formula is C24H35FO2. The van der Waals surface area contributed by atoms with Crippen LogP contribution in [0.1, 0.15) is 88.5 Å². The third-order valence-corrected chi connectivity index (χ3v) is 7.40. The summed E-state index contributed by atoms with van der Waals surface area (Å²) in [5, 5.41) is 0. The predicted octanol–water partition coefficient (Wildman–Crippen LogP) is 6.61. The summed E-state index contributed by atoms with van der Waals surface area (Å²) in [5.41, 5.74) is 1.71. The molecule has 27 heavy (non-hydrogen) atoms. The molecule has 0 amide bonds. The van der Waals surface area contributed by atoms with E-state index in [9.17, 15) is 4.39 Å². The van der Waals surface area contributed by atoms with Gasteiger partial charge in [-0.15, -0.1) is 0 Å². The van der Waals surface area contributed by atoms with Gasteiger partial charge in [-0.05, 0) is 61.0 Å². The maximum atomic E-state index is 14.8. The molecule has 1 aliphatic heterocycles. The molecule has 150 valence electrons. The van der Waals surface area contributed by atoms with E-state index in [-0.39, 0.29) is 5.82 Å². The van der Waals surface area contributed by atoms with Gasteiger partial charge in [-0.1, -0.05) is 51.7 Å². The van der Waals surface area contributed by atoms with Crippen LogP contribution in [0.3, 0.4) is 0 Å². The SMILES string of the molecule is CC1CCC(c2ccc(C3OCC(C4CCC(C)CC4)CO3)cc2F)CC1. The van der Waals surface area contributed by atoms with E-state index in [2.05, 4.69) is 13.8 Å². The topological polar surface area (TPSA) is 18.5 Å². The van der Waals surface area contributed by atoms with E-state index < -0.39 is 6.29 Å². The number of hydrogen-bond acceptors (Lipinski definition) is 2. The van der Waals surface area contributed by atoms with Crippen LogP contribution in [0.4, 0.5) is 4.39 Å². The summed E-state index contributed by atoms with van der Waals surface area (Å²) in [6.45, 7) is 6.14. The minimum Gasteiger partial charge on any atom is -0.348 e. The molecular weight excluding hydrogens is 339 g/mol. The number of ether oxygens (including phenoxy) is 2. The fourth-order valence-electron chi connectivity index (χ4n) is 5.33. The highest BCUT2D eigenvalue weighted by Gasteiger charge is 2.32. The molecule has 0 aromatic heterocycles. The Hall–Kier alpha value is -0.930. The molecule has 2 nitrogen and oxygen atoms in total. The van der Waals surface area contributed by atoms with Crippen molar-refractivity contribution in [1.82, 2.24) is 0 Å². The Morgan fingerprint density at radius 2 is 1.37 bits per heavy atom. The zero-order valence-electron chi connectivity index (χ0n) is 17.0. The van der Waals surface area contributed by atoms with Crippen LogP contribution in [0.25, 0.3) is 0 Å². The molecule has 1 saturated heterocycles. The summed E-state index contributed by atoms with van der Waals surface area (Å²) in [5.74, 6) is 3.18. The molecule has 3 aliphatic rings. The van der Waals surface area contributed by atoms with Gasteiger partial charge in [0, 0.05) is 11.5 Å². The van der Waals surface area contributed by atoms with Crippen LogP contribution >= 0.6 is 0 Å². The predicted molar refractivity (Wildman–Crippen MR) is 106 cm³/mol. The highest BCUT2D eigenvalue weighted by Crippen LogP contribution is 2.39. The summed E-state index contributed by atoms with van der Waals surface area (Å²) in [4.78, 5) is 0. The average Bonchev–Trinajstić information content (AvgIpc) is 2.69. The molecule has 0 N–H and O–H groups in total. The number of hydrogen-bond donors (Lipinski definition) is 0. The first kappa shape index (κ1) is 19.4. The Morgan fingerprint density at radius 3 is 1.96 bits per heavy atom. The molecule has 3 heteroatoms. The molecule has 2 aliphatic carbocycles. The maximum absolute atomic E-state index is 14.8. The zero-order valence-corrected chi connectivity index (χ0v) is 17.0. The van der Waals surface area contributed by atoms with E-state index in [1.807, 2.05) is 12.1 Å². The average molecular weight is 375 g/mol. The second-order valence-electron chi connectivity index (χ2n) is 9.52. The van der Waals surface area contributed by atoms with E-state index in [0.717, 1.165) is 54.9 Å². The summed E-state index contributed by atoms with van der Waals surface area (Å²) in [6.07, 6.45) is 9.49. The van der Waals surface area contributed by atoms with Crippen molar-refractivity contribution in [2.24, 2.45) is 23.7 Å². The van der Waals surface area contributed by atoms with E-state index >= 15 is 0 Å².